The molecule has 1 aromatic carbocycles. The van der Waals surface area contributed by atoms with E-state index in [1.165, 1.54) is 0 Å². The van der Waals surface area contributed by atoms with Crippen LogP contribution in [0.5, 0.6) is 0 Å². The van der Waals surface area contributed by atoms with E-state index in [2.05, 4.69) is 22.0 Å². The van der Waals surface area contributed by atoms with Gasteiger partial charge in [-0.25, -0.2) is 4.79 Å². The van der Waals surface area contributed by atoms with Crippen molar-refractivity contribution < 1.29 is 22.7 Å². The number of nitrogen functional groups attached to an aromatic ring is 1. The summed E-state index contributed by atoms with van der Waals surface area (Å²) in [5, 5.41) is 0. The van der Waals surface area contributed by atoms with Crippen molar-refractivity contribution in [3.05, 3.63) is 29.3 Å². The molecule has 102 valence electrons. The van der Waals surface area contributed by atoms with Crippen molar-refractivity contribution in [3.8, 4) is 11.8 Å². The number of carbonyl (C=O) groups excluding carboxylic acids is 1. The van der Waals surface area contributed by atoms with Crippen molar-refractivity contribution in [3.63, 3.8) is 0 Å². The molecule has 1 rings (SSSR count). The molecular weight excluding hydrogens is 261 g/mol. The van der Waals surface area contributed by atoms with E-state index in [9.17, 15) is 18.0 Å². The second kappa shape index (κ2) is 6.11. The Kier molecular flexibility index (Phi) is 4.78. The highest BCUT2D eigenvalue weighted by atomic mass is 19.4. The van der Waals surface area contributed by atoms with Gasteiger partial charge in [0.25, 0.3) is 0 Å². The molecular formula is C12H11F3N2O2. The Hall–Kier alpha value is -2.20. The summed E-state index contributed by atoms with van der Waals surface area (Å²) >= 11 is 0. The molecule has 7 heteroatoms. The number of nitrogens with one attached hydrogen (secondary N) is 1. The van der Waals surface area contributed by atoms with E-state index in [1.807, 2.05) is 0 Å². The fourth-order valence-corrected chi connectivity index (χ4v) is 1.23. The predicted octanol–water partition coefficient (Wildman–Crippen LogP) is 1.91. The minimum atomic E-state index is -4.47. The summed E-state index contributed by atoms with van der Waals surface area (Å²) in [5.74, 6) is 8.91. The minimum absolute atomic E-state index is 0.0216. The summed E-state index contributed by atoms with van der Waals surface area (Å²) in [6.45, 7) is 1.78. The van der Waals surface area contributed by atoms with E-state index in [0.717, 1.165) is 18.2 Å². The molecule has 0 saturated carbocycles. The van der Waals surface area contributed by atoms with E-state index in [0.29, 0.717) is 0 Å². The Balaban J connectivity index is 3.07. The topological polar surface area (TPSA) is 64.3 Å². The molecule has 0 saturated heterocycles. The summed E-state index contributed by atoms with van der Waals surface area (Å²) in [6, 6.07) is 2.80. The largest absolute Gasteiger partial charge is 0.456 e. The van der Waals surface area contributed by atoms with Gasteiger partial charge in [0, 0.05) is 11.5 Å². The molecule has 0 unspecified atom stereocenters. The molecule has 0 radical (unpaired) electrons. The number of hydrazine groups is 1. The lowest BCUT2D eigenvalue weighted by atomic mass is 10.1. The molecule has 4 nitrogen and oxygen atoms in total. The molecule has 0 bridgehead atoms. The van der Waals surface area contributed by atoms with Crippen LogP contribution in [0.3, 0.4) is 0 Å². The lowest BCUT2D eigenvalue weighted by Crippen LogP contribution is -2.11. The van der Waals surface area contributed by atoms with Crippen molar-refractivity contribution in [1.29, 1.82) is 0 Å². The summed E-state index contributed by atoms with van der Waals surface area (Å²) in [7, 11) is 0. The average molecular weight is 272 g/mol. The van der Waals surface area contributed by atoms with Gasteiger partial charge in [0.1, 0.15) is 0 Å². The first-order chi connectivity index (χ1) is 8.88. The van der Waals surface area contributed by atoms with Crippen LogP contribution in [0, 0.1) is 11.8 Å². The molecule has 1 aromatic rings. The number of carbonyl (C=O) groups is 1. The van der Waals surface area contributed by atoms with E-state index in [1.54, 1.807) is 6.92 Å². The Labute approximate surface area is 107 Å². The fourth-order valence-electron chi connectivity index (χ4n) is 1.23. The SMILES string of the molecule is CCOC(=O)C#Cc1ccc(C(F)(F)F)cc1NN. The monoisotopic (exact) mass is 272 g/mol. The zero-order valence-corrected chi connectivity index (χ0v) is 9.97. The number of hydrogen-bond acceptors (Lipinski definition) is 4. The van der Waals surface area contributed by atoms with Gasteiger partial charge in [-0.05, 0) is 25.1 Å². The third-order valence-electron chi connectivity index (χ3n) is 2.08. The maximum Gasteiger partial charge on any atom is 0.416 e. The van der Waals surface area contributed by atoms with Crippen LogP contribution in [-0.4, -0.2) is 12.6 Å². The first-order valence-electron chi connectivity index (χ1n) is 5.25. The number of anilines is 1. The minimum Gasteiger partial charge on any atom is -0.456 e. The van der Waals surface area contributed by atoms with Crippen LogP contribution in [0.4, 0.5) is 18.9 Å². The van der Waals surface area contributed by atoms with Gasteiger partial charge in [-0.15, -0.1) is 0 Å². The van der Waals surface area contributed by atoms with Crippen molar-refractivity contribution >= 4 is 11.7 Å². The molecule has 0 aliphatic heterocycles. The second-order valence-corrected chi connectivity index (χ2v) is 3.37. The maximum absolute atomic E-state index is 12.5. The van der Waals surface area contributed by atoms with E-state index < -0.39 is 17.7 Å². The number of benzene rings is 1. The van der Waals surface area contributed by atoms with Gasteiger partial charge in [0.2, 0.25) is 0 Å². The zero-order valence-electron chi connectivity index (χ0n) is 9.97. The van der Waals surface area contributed by atoms with Gasteiger partial charge in [-0.1, -0.05) is 5.92 Å². The molecule has 0 spiro atoms. The maximum atomic E-state index is 12.5. The summed E-state index contributed by atoms with van der Waals surface area (Å²) < 4.78 is 42.0. The molecule has 0 aliphatic rings. The molecule has 0 atom stereocenters. The second-order valence-electron chi connectivity index (χ2n) is 3.37. The van der Waals surface area contributed by atoms with E-state index in [-0.39, 0.29) is 17.9 Å². The molecule has 0 amide bonds. The lowest BCUT2D eigenvalue weighted by Gasteiger charge is -2.10. The highest BCUT2D eigenvalue weighted by Crippen LogP contribution is 2.31. The molecule has 0 aromatic heterocycles. The molecule has 3 N–H and O–H groups in total. The van der Waals surface area contributed by atoms with E-state index >= 15 is 0 Å². The molecule has 19 heavy (non-hydrogen) atoms. The van der Waals surface area contributed by atoms with Crippen LogP contribution in [0.1, 0.15) is 18.1 Å². The zero-order chi connectivity index (χ0) is 14.5. The number of alkyl halides is 3. The van der Waals surface area contributed by atoms with Gasteiger partial charge in [-0.2, -0.15) is 13.2 Å². The normalized spacial score (nSPS) is 10.4. The van der Waals surface area contributed by atoms with Crippen LogP contribution in [-0.2, 0) is 15.7 Å². The smallest absolute Gasteiger partial charge is 0.416 e. The van der Waals surface area contributed by atoms with Gasteiger partial charge in [0.15, 0.2) is 0 Å². The van der Waals surface area contributed by atoms with Crippen LogP contribution in [0.15, 0.2) is 18.2 Å². The van der Waals surface area contributed by atoms with Crippen LogP contribution in [0.25, 0.3) is 0 Å². The highest BCUT2D eigenvalue weighted by molar-refractivity contribution is 5.89. The summed E-state index contributed by atoms with van der Waals surface area (Å²) in [4.78, 5) is 11.0. The number of ether oxygens (including phenoxy) is 1. The predicted molar refractivity (Wildman–Crippen MR) is 62.8 cm³/mol. The Bertz CT molecular complexity index is 530. The number of rotatable bonds is 2. The van der Waals surface area contributed by atoms with Crippen molar-refractivity contribution in [2.45, 2.75) is 13.1 Å². The van der Waals surface area contributed by atoms with E-state index in [4.69, 9.17) is 5.84 Å². The van der Waals surface area contributed by atoms with Crippen LogP contribution >= 0.6 is 0 Å². The first-order valence-corrected chi connectivity index (χ1v) is 5.25. The Morgan fingerprint density at radius 1 is 1.47 bits per heavy atom. The number of halogens is 3. The van der Waals surface area contributed by atoms with Crippen molar-refractivity contribution in [1.82, 2.24) is 0 Å². The number of nitrogens with two attached hydrogens (primary N) is 1. The fraction of sp³-hybridized carbons (Fsp3) is 0.250. The van der Waals surface area contributed by atoms with Gasteiger partial charge in [-0.3, -0.25) is 5.84 Å². The Morgan fingerprint density at radius 3 is 2.68 bits per heavy atom. The number of esters is 1. The molecule has 0 aliphatic carbocycles. The Morgan fingerprint density at radius 2 is 2.16 bits per heavy atom. The third-order valence-corrected chi connectivity index (χ3v) is 2.08. The number of hydrogen-bond donors (Lipinski definition) is 2. The van der Waals surface area contributed by atoms with Gasteiger partial charge < -0.3 is 10.2 Å². The van der Waals surface area contributed by atoms with Crippen LogP contribution in [0.2, 0.25) is 0 Å². The standard InChI is InChI=1S/C12H11F3N2O2/c1-2-19-11(18)6-4-8-3-5-9(12(13,14)15)7-10(8)17-16/h3,5,7,17H,2,16H2,1H3. The van der Waals surface area contributed by atoms with Gasteiger partial charge >= 0.3 is 12.1 Å². The van der Waals surface area contributed by atoms with Gasteiger partial charge in [0.05, 0.1) is 17.9 Å². The average Bonchev–Trinajstić information content (AvgIpc) is 2.35. The summed E-state index contributed by atoms with van der Waals surface area (Å²) in [5.41, 5.74) is 1.40. The molecule has 0 heterocycles. The molecule has 0 fully saturated rings. The van der Waals surface area contributed by atoms with Crippen LogP contribution < -0.4 is 11.3 Å². The summed E-state index contributed by atoms with van der Waals surface area (Å²) in [6.07, 6.45) is -4.47. The third kappa shape index (κ3) is 4.19. The van der Waals surface area contributed by atoms with Crippen molar-refractivity contribution in [2.75, 3.05) is 12.0 Å². The quantitative estimate of drug-likeness (QED) is 0.373. The lowest BCUT2D eigenvalue weighted by molar-refractivity contribution is -0.138. The highest BCUT2D eigenvalue weighted by Gasteiger charge is 2.30. The first kappa shape index (κ1) is 14.9. The van der Waals surface area contributed by atoms with Crippen molar-refractivity contribution in [2.24, 2.45) is 5.84 Å².